The van der Waals surface area contributed by atoms with Gasteiger partial charge in [0.25, 0.3) is 5.91 Å². The standard InChI is InChI=1S/C22H22N2O4/c1-15-7-9-17(10-8-15)22-24-18(14-28-22)13-27-20(25)11-12-23-21(26)19-6-4-3-5-16(19)2/h3-10,14H,11-13H2,1-2H3,(H,23,26). The van der Waals surface area contributed by atoms with E-state index >= 15 is 0 Å². The predicted octanol–water partition coefficient (Wildman–Crippen LogP) is 3.82. The van der Waals surface area contributed by atoms with E-state index in [1.807, 2.05) is 50.2 Å². The molecular weight excluding hydrogens is 356 g/mol. The number of benzene rings is 2. The summed E-state index contributed by atoms with van der Waals surface area (Å²) in [4.78, 5) is 28.3. The van der Waals surface area contributed by atoms with Crippen molar-refractivity contribution in [1.82, 2.24) is 10.3 Å². The number of nitrogens with zero attached hydrogens (tertiary/aromatic N) is 1. The molecular formula is C22H22N2O4. The number of hydrogen-bond donors (Lipinski definition) is 1. The molecule has 0 unspecified atom stereocenters. The average Bonchev–Trinajstić information content (AvgIpc) is 3.16. The van der Waals surface area contributed by atoms with Crippen molar-refractivity contribution in [1.29, 1.82) is 0 Å². The minimum Gasteiger partial charge on any atom is -0.459 e. The van der Waals surface area contributed by atoms with E-state index in [1.54, 1.807) is 12.1 Å². The van der Waals surface area contributed by atoms with Gasteiger partial charge in [0.05, 0.1) is 6.42 Å². The summed E-state index contributed by atoms with van der Waals surface area (Å²) in [5, 5.41) is 2.73. The summed E-state index contributed by atoms with van der Waals surface area (Å²) in [6.45, 7) is 4.11. The zero-order valence-electron chi connectivity index (χ0n) is 15.9. The molecule has 1 aromatic heterocycles. The highest BCUT2D eigenvalue weighted by Crippen LogP contribution is 2.19. The smallest absolute Gasteiger partial charge is 0.307 e. The number of aryl methyl sites for hydroxylation is 2. The molecule has 0 saturated heterocycles. The molecule has 2 aromatic carbocycles. The average molecular weight is 378 g/mol. The Bertz CT molecular complexity index is 961. The van der Waals surface area contributed by atoms with Crippen molar-refractivity contribution < 1.29 is 18.7 Å². The number of aromatic nitrogens is 1. The molecule has 1 N–H and O–H groups in total. The van der Waals surface area contributed by atoms with Gasteiger partial charge in [-0.1, -0.05) is 35.9 Å². The number of carbonyl (C=O) groups excluding carboxylic acids is 2. The second-order valence-electron chi connectivity index (χ2n) is 6.49. The van der Waals surface area contributed by atoms with Crippen LogP contribution in [0.3, 0.4) is 0 Å². The lowest BCUT2D eigenvalue weighted by molar-refractivity contribution is -0.144. The first-order chi connectivity index (χ1) is 13.5. The van der Waals surface area contributed by atoms with Gasteiger partial charge < -0.3 is 14.5 Å². The molecule has 0 aliphatic carbocycles. The van der Waals surface area contributed by atoms with Gasteiger partial charge in [-0.25, -0.2) is 4.98 Å². The zero-order chi connectivity index (χ0) is 19.9. The van der Waals surface area contributed by atoms with Gasteiger partial charge in [-0.3, -0.25) is 9.59 Å². The van der Waals surface area contributed by atoms with Gasteiger partial charge in [0.2, 0.25) is 5.89 Å². The van der Waals surface area contributed by atoms with Crippen LogP contribution in [0.1, 0.15) is 33.6 Å². The maximum Gasteiger partial charge on any atom is 0.307 e. The molecule has 0 fully saturated rings. The second-order valence-corrected chi connectivity index (χ2v) is 6.49. The lowest BCUT2D eigenvalue weighted by atomic mass is 10.1. The minimum absolute atomic E-state index is 0.0277. The first kappa shape index (κ1) is 19.4. The highest BCUT2D eigenvalue weighted by Gasteiger charge is 2.11. The van der Waals surface area contributed by atoms with Crippen LogP contribution in [0.25, 0.3) is 11.5 Å². The molecule has 0 spiro atoms. The van der Waals surface area contributed by atoms with Gasteiger partial charge in [-0.05, 0) is 37.6 Å². The highest BCUT2D eigenvalue weighted by atomic mass is 16.5. The third-order valence-electron chi connectivity index (χ3n) is 4.24. The Balaban J connectivity index is 1.43. The Kier molecular flexibility index (Phi) is 6.22. The molecule has 0 radical (unpaired) electrons. The molecule has 144 valence electrons. The number of oxazole rings is 1. The van der Waals surface area contributed by atoms with Crippen molar-refractivity contribution in [2.24, 2.45) is 0 Å². The Morgan fingerprint density at radius 1 is 1.07 bits per heavy atom. The number of hydrogen-bond acceptors (Lipinski definition) is 5. The Hall–Kier alpha value is -3.41. The summed E-state index contributed by atoms with van der Waals surface area (Å²) >= 11 is 0. The van der Waals surface area contributed by atoms with Crippen LogP contribution in [-0.4, -0.2) is 23.4 Å². The number of carbonyl (C=O) groups is 2. The Labute approximate surface area is 163 Å². The van der Waals surface area contributed by atoms with Crippen molar-refractivity contribution in [3.8, 4) is 11.5 Å². The van der Waals surface area contributed by atoms with Crippen LogP contribution >= 0.6 is 0 Å². The third kappa shape index (κ3) is 5.07. The summed E-state index contributed by atoms with van der Waals surface area (Å²) in [7, 11) is 0. The van der Waals surface area contributed by atoms with Crippen LogP contribution in [0.5, 0.6) is 0 Å². The van der Waals surface area contributed by atoms with Gasteiger partial charge in [-0.2, -0.15) is 0 Å². The van der Waals surface area contributed by atoms with Crippen LogP contribution in [0, 0.1) is 13.8 Å². The molecule has 0 aliphatic heterocycles. The molecule has 3 rings (SSSR count). The topological polar surface area (TPSA) is 81.4 Å². The van der Waals surface area contributed by atoms with E-state index in [0.717, 1.165) is 16.7 Å². The van der Waals surface area contributed by atoms with Crippen LogP contribution in [0.2, 0.25) is 0 Å². The molecule has 1 heterocycles. The first-order valence-corrected chi connectivity index (χ1v) is 9.04. The Morgan fingerprint density at radius 2 is 1.82 bits per heavy atom. The SMILES string of the molecule is Cc1ccc(-c2nc(COC(=O)CCNC(=O)c3ccccc3C)co2)cc1. The molecule has 0 aliphatic rings. The molecule has 3 aromatic rings. The number of esters is 1. The van der Waals surface area contributed by atoms with Crippen molar-refractivity contribution in [2.75, 3.05) is 6.54 Å². The van der Waals surface area contributed by atoms with E-state index in [9.17, 15) is 9.59 Å². The molecule has 6 heteroatoms. The number of nitrogens with one attached hydrogen (secondary N) is 1. The highest BCUT2D eigenvalue weighted by molar-refractivity contribution is 5.95. The fourth-order valence-corrected chi connectivity index (χ4v) is 2.63. The minimum atomic E-state index is -0.412. The summed E-state index contributed by atoms with van der Waals surface area (Å²) in [6.07, 6.45) is 1.56. The lowest BCUT2D eigenvalue weighted by Crippen LogP contribution is -2.27. The largest absolute Gasteiger partial charge is 0.459 e. The fourth-order valence-electron chi connectivity index (χ4n) is 2.63. The van der Waals surface area contributed by atoms with E-state index in [-0.39, 0.29) is 25.5 Å². The third-order valence-corrected chi connectivity index (χ3v) is 4.24. The quantitative estimate of drug-likeness (QED) is 0.632. The molecule has 0 saturated carbocycles. The van der Waals surface area contributed by atoms with Crippen molar-refractivity contribution >= 4 is 11.9 Å². The predicted molar refractivity (Wildman–Crippen MR) is 105 cm³/mol. The van der Waals surface area contributed by atoms with Gasteiger partial charge in [0.15, 0.2) is 0 Å². The van der Waals surface area contributed by atoms with Crippen molar-refractivity contribution in [2.45, 2.75) is 26.9 Å². The van der Waals surface area contributed by atoms with Crippen molar-refractivity contribution in [3.05, 3.63) is 77.2 Å². The van der Waals surface area contributed by atoms with Gasteiger partial charge >= 0.3 is 5.97 Å². The number of rotatable bonds is 7. The summed E-state index contributed by atoms with van der Waals surface area (Å²) < 4.78 is 10.6. The van der Waals surface area contributed by atoms with E-state index in [1.165, 1.54) is 6.26 Å². The lowest BCUT2D eigenvalue weighted by Gasteiger charge is -2.07. The molecule has 6 nitrogen and oxygen atoms in total. The van der Waals surface area contributed by atoms with Crippen LogP contribution in [0.4, 0.5) is 0 Å². The van der Waals surface area contributed by atoms with E-state index in [2.05, 4.69) is 10.3 Å². The Morgan fingerprint density at radius 3 is 2.57 bits per heavy atom. The first-order valence-electron chi connectivity index (χ1n) is 9.04. The van der Waals surface area contributed by atoms with Crippen LogP contribution in [-0.2, 0) is 16.1 Å². The number of amides is 1. The summed E-state index contributed by atoms with van der Waals surface area (Å²) in [5.41, 5.74) is 4.04. The normalized spacial score (nSPS) is 10.5. The molecule has 0 atom stereocenters. The summed E-state index contributed by atoms with van der Waals surface area (Å²) in [5.74, 6) is -0.133. The van der Waals surface area contributed by atoms with Gasteiger partial charge in [0.1, 0.15) is 18.6 Å². The van der Waals surface area contributed by atoms with E-state index in [4.69, 9.17) is 9.15 Å². The second kappa shape index (κ2) is 8.99. The van der Waals surface area contributed by atoms with Crippen LogP contribution < -0.4 is 5.32 Å². The van der Waals surface area contributed by atoms with Crippen molar-refractivity contribution in [3.63, 3.8) is 0 Å². The van der Waals surface area contributed by atoms with Gasteiger partial charge in [0, 0.05) is 17.7 Å². The monoisotopic (exact) mass is 378 g/mol. The summed E-state index contributed by atoms with van der Waals surface area (Å²) in [6, 6.07) is 15.1. The fraction of sp³-hybridized carbons (Fsp3) is 0.227. The zero-order valence-corrected chi connectivity index (χ0v) is 15.9. The maximum atomic E-state index is 12.1. The number of ether oxygens (including phenoxy) is 1. The van der Waals surface area contributed by atoms with Gasteiger partial charge in [-0.15, -0.1) is 0 Å². The maximum absolute atomic E-state index is 12.1. The van der Waals surface area contributed by atoms with E-state index in [0.29, 0.717) is 17.1 Å². The molecule has 28 heavy (non-hydrogen) atoms. The van der Waals surface area contributed by atoms with E-state index < -0.39 is 5.97 Å². The molecule has 0 bridgehead atoms. The van der Waals surface area contributed by atoms with Crippen LogP contribution in [0.15, 0.2) is 59.2 Å². The molecule has 1 amide bonds.